The monoisotopic (exact) mass is 223 g/mol. The summed E-state index contributed by atoms with van der Waals surface area (Å²) in [5.41, 5.74) is -0.733. The van der Waals surface area contributed by atoms with Gasteiger partial charge in [0.2, 0.25) is 0 Å². The van der Waals surface area contributed by atoms with E-state index in [0.29, 0.717) is 12.8 Å². The van der Waals surface area contributed by atoms with Crippen LogP contribution in [0.1, 0.15) is 46.5 Å². The molecule has 0 aromatic rings. The van der Waals surface area contributed by atoms with Crippen LogP contribution in [-0.4, -0.2) is 11.1 Å². The Morgan fingerprint density at radius 1 is 1.50 bits per heavy atom. The molecule has 0 aliphatic heterocycles. The summed E-state index contributed by atoms with van der Waals surface area (Å²) in [6, 6.07) is 2.23. The highest BCUT2D eigenvalue weighted by molar-refractivity contribution is 5.73. The first kappa shape index (κ1) is 14.7. The number of allylic oxidation sites excluding steroid dienone is 2. The lowest BCUT2D eigenvalue weighted by Gasteiger charge is -2.19. The zero-order valence-corrected chi connectivity index (χ0v) is 10.4. The Hall–Kier alpha value is -1.30. The number of nitrogens with zero attached hydrogens (tertiary/aromatic N) is 1. The third kappa shape index (κ3) is 5.55. The van der Waals surface area contributed by atoms with Crippen molar-refractivity contribution in [2.24, 2.45) is 11.3 Å². The molecule has 0 rings (SSSR count). The molecule has 0 aliphatic rings. The highest BCUT2D eigenvalue weighted by atomic mass is 16.4. The fourth-order valence-corrected chi connectivity index (χ4v) is 1.30. The standard InChI is InChI=1S/C13H21NO2/c1-4-5-6-7-11(10-14)8-9-13(2,3)12(15)16/h5-6,11H,4,7-9H2,1-3H3,(H,15,16)/b6-5+. The third-order valence-electron chi connectivity index (χ3n) is 2.70. The van der Waals surface area contributed by atoms with E-state index in [1.54, 1.807) is 13.8 Å². The van der Waals surface area contributed by atoms with Gasteiger partial charge in [-0.3, -0.25) is 4.79 Å². The van der Waals surface area contributed by atoms with Crippen LogP contribution in [0, 0.1) is 22.7 Å². The molecule has 0 fully saturated rings. The van der Waals surface area contributed by atoms with Gasteiger partial charge in [-0.2, -0.15) is 5.26 Å². The molecule has 0 amide bonds. The Labute approximate surface area is 97.8 Å². The van der Waals surface area contributed by atoms with Crippen molar-refractivity contribution in [2.45, 2.75) is 46.5 Å². The number of carbonyl (C=O) groups is 1. The van der Waals surface area contributed by atoms with E-state index in [-0.39, 0.29) is 5.92 Å². The lowest BCUT2D eigenvalue weighted by molar-refractivity contribution is -0.147. The predicted molar refractivity (Wildman–Crippen MR) is 63.8 cm³/mol. The highest BCUT2D eigenvalue weighted by Crippen LogP contribution is 2.26. The molecule has 0 spiro atoms. The second-order valence-electron chi connectivity index (χ2n) is 4.67. The fraction of sp³-hybridized carbons (Fsp3) is 0.692. The van der Waals surface area contributed by atoms with Crippen molar-refractivity contribution in [1.29, 1.82) is 5.26 Å². The molecule has 1 unspecified atom stereocenters. The third-order valence-corrected chi connectivity index (χ3v) is 2.70. The predicted octanol–water partition coefficient (Wildman–Crippen LogP) is 3.37. The van der Waals surface area contributed by atoms with E-state index in [0.717, 1.165) is 12.8 Å². The van der Waals surface area contributed by atoms with Crippen LogP contribution >= 0.6 is 0 Å². The molecular weight excluding hydrogens is 202 g/mol. The van der Waals surface area contributed by atoms with Gasteiger partial charge in [-0.05, 0) is 39.5 Å². The molecule has 3 nitrogen and oxygen atoms in total. The van der Waals surface area contributed by atoms with Crippen LogP contribution in [0.25, 0.3) is 0 Å². The number of hydrogen-bond donors (Lipinski definition) is 1. The maximum Gasteiger partial charge on any atom is 0.309 e. The molecule has 16 heavy (non-hydrogen) atoms. The Morgan fingerprint density at radius 2 is 2.12 bits per heavy atom. The summed E-state index contributed by atoms with van der Waals surface area (Å²) >= 11 is 0. The second kappa shape index (κ2) is 7.05. The summed E-state index contributed by atoms with van der Waals surface area (Å²) in [6.07, 6.45) is 6.91. The van der Waals surface area contributed by atoms with E-state index in [2.05, 4.69) is 6.07 Å². The first-order valence-electron chi connectivity index (χ1n) is 5.72. The summed E-state index contributed by atoms with van der Waals surface area (Å²) in [4.78, 5) is 10.9. The number of nitriles is 1. The van der Waals surface area contributed by atoms with Crippen LogP contribution in [-0.2, 0) is 4.79 Å². The Kier molecular flexibility index (Phi) is 6.48. The quantitative estimate of drug-likeness (QED) is 0.673. The van der Waals surface area contributed by atoms with Crippen LogP contribution in [0.3, 0.4) is 0 Å². The van der Waals surface area contributed by atoms with Crippen LogP contribution in [0.4, 0.5) is 0 Å². The van der Waals surface area contributed by atoms with Crippen molar-refractivity contribution in [3.05, 3.63) is 12.2 Å². The van der Waals surface area contributed by atoms with E-state index in [4.69, 9.17) is 10.4 Å². The van der Waals surface area contributed by atoms with E-state index >= 15 is 0 Å². The molecule has 0 aliphatic carbocycles. The molecule has 0 saturated carbocycles. The summed E-state index contributed by atoms with van der Waals surface area (Å²) in [6.45, 7) is 5.45. The molecule has 0 radical (unpaired) electrons. The lowest BCUT2D eigenvalue weighted by Crippen LogP contribution is -2.24. The van der Waals surface area contributed by atoms with Gasteiger partial charge in [-0.25, -0.2) is 0 Å². The van der Waals surface area contributed by atoms with Crippen LogP contribution in [0.15, 0.2) is 12.2 Å². The zero-order valence-electron chi connectivity index (χ0n) is 10.4. The largest absolute Gasteiger partial charge is 0.481 e. The maximum absolute atomic E-state index is 10.9. The van der Waals surface area contributed by atoms with Crippen LogP contribution in [0.2, 0.25) is 0 Å². The van der Waals surface area contributed by atoms with E-state index in [1.807, 2.05) is 19.1 Å². The van der Waals surface area contributed by atoms with E-state index < -0.39 is 11.4 Å². The Morgan fingerprint density at radius 3 is 2.56 bits per heavy atom. The van der Waals surface area contributed by atoms with Crippen LogP contribution in [0.5, 0.6) is 0 Å². The molecular formula is C13H21NO2. The molecule has 1 atom stereocenters. The molecule has 0 aromatic carbocycles. The van der Waals surface area contributed by atoms with Gasteiger partial charge in [0.05, 0.1) is 11.5 Å². The number of aliphatic carboxylic acids is 1. The molecule has 0 saturated heterocycles. The molecule has 0 heterocycles. The minimum absolute atomic E-state index is 0.0681. The normalized spacial score (nSPS) is 13.6. The van der Waals surface area contributed by atoms with Gasteiger partial charge < -0.3 is 5.11 Å². The minimum Gasteiger partial charge on any atom is -0.481 e. The SMILES string of the molecule is CC/C=C/CC(C#N)CCC(C)(C)C(=O)O. The first-order valence-corrected chi connectivity index (χ1v) is 5.72. The average molecular weight is 223 g/mol. The van der Waals surface area contributed by atoms with Crippen molar-refractivity contribution in [2.75, 3.05) is 0 Å². The van der Waals surface area contributed by atoms with E-state index in [9.17, 15) is 4.79 Å². The van der Waals surface area contributed by atoms with Crippen molar-refractivity contribution in [1.82, 2.24) is 0 Å². The molecule has 0 aromatic heterocycles. The van der Waals surface area contributed by atoms with Gasteiger partial charge in [-0.1, -0.05) is 19.1 Å². The summed E-state index contributed by atoms with van der Waals surface area (Å²) in [7, 11) is 0. The Bertz CT molecular complexity index is 287. The van der Waals surface area contributed by atoms with Crippen molar-refractivity contribution in [3.63, 3.8) is 0 Å². The zero-order chi connectivity index (χ0) is 12.6. The molecule has 1 N–H and O–H groups in total. The lowest BCUT2D eigenvalue weighted by atomic mass is 9.84. The number of carboxylic acids is 1. The molecule has 0 bridgehead atoms. The molecule has 90 valence electrons. The topological polar surface area (TPSA) is 61.1 Å². The molecule has 3 heteroatoms. The number of carboxylic acid groups (broad SMARTS) is 1. The number of hydrogen-bond acceptors (Lipinski definition) is 2. The van der Waals surface area contributed by atoms with Crippen molar-refractivity contribution < 1.29 is 9.90 Å². The van der Waals surface area contributed by atoms with Gasteiger partial charge in [-0.15, -0.1) is 0 Å². The highest BCUT2D eigenvalue weighted by Gasteiger charge is 2.27. The summed E-state index contributed by atoms with van der Waals surface area (Å²) in [5.74, 6) is -0.866. The van der Waals surface area contributed by atoms with Gasteiger partial charge in [0, 0.05) is 5.92 Å². The van der Waals surface area contributed by atoms with Crippen molar-refractivity contribution in [3.8, 4) is 6.07 Å². The fourth-order valence-electron chi connectivity index (χ4n) is 1.30. The van der Waals surface area contributed by atoms with Gasteiger partial charge in [0.15, 0.2) is 0 Å². The summed E-state index contributed by atoms with van der Waals surface area (Å²) in [5, 5.41) is 17.9. The van der Waals surface area contributed by atoms with E-state index in [1.165, 1.54) is 0 Å². The first-order chi connectivity index (χ1) is 7.44. The van der Waals surface area contributed by atoms with Crippen molar-refractivity contribution >= 4 is 5.97 Å². The number of rotatable bonds is 7. The second-order valence-corrected chi connectivity index (χ2v) is 4.67. The Balaban J connectivity index is 4.11. The van der Waals surface area contributed by atoms with Gasteiger partial charge in [0.25, 0.3) is 0 Å². The summed E-state index contributed by atoms with van der Waals surface area (Å²) < 4.78 is 0. The smallest absolute Gasteiger partial charge is 0.309 e. The minimum atomic E-state index is -0.798. The van der Waals surface area contributed by atoms with Gasteiger partial charge in [0.1, 0.15) is 0 Å². The average Bonchev–Trinajstić information content (AvgIpc) is 2.23. The van der Waals surface area contributed by atoms with Crippen LogP contribution < -0.4 is 0 Å². The maximum atomic E-state index is 10.9. The van der Waals surface area contributed by atoms with Gasteiger partial charge >= 0.3 is 5.97 Å².